The molecular weight excluding hydrogens is 192 g/mol. The summed E-state index contributed by atoms with van der Waals surface area (Å²) in [6, 6.07) is 8.50. The highest BCUT2D eigenvalue weighted by Gasteiger charge is 2.10. The van der Waals surface area contributed by atoms with Gasteiger partial charge in [-0.25, -0.2) is 0 Å². The maximum absolute atomic E-state index is 6.01. The maximum atomic E-state index is 6.01. The van der Waals surface area contributed by atoms with Crippen molar-refractivity contribution in [2.24, 2.45) is 5.14 Å². The van der Waals surface area contributed by atoms with E-state index in [0.717, 1.165) is 18.7 Å². The Bertz CT molecular complexity index is 371. The molecule has 1 aromatic rings. The van der Waals surface area contributed by atoms with Gasteiger partial charge in [0, 0.05) is 23.7 Å². The third-order valence-electron chi connectivity index (χ3n) is 2.57. The summed E-state index contributed by atoms with van der Waals surface area (Å²) in [6.07, 6.45) is 0.992. The molecule has 0 radical (unpaired) electrons. The molecule has 1 aliphatic heterocycles. The third-order valence-corrected chi connectivity index (χ3v) is 4.14. The van der Waals surface area contributed by atoms with Crippen molar-refractivity contribution in [1.29, 1.82) is 0 Å². The minimum Gasteiger partial charge on any atom is -0.285 e. The molecule has 0 aromatic heterocycles. The van der Waals surface area contributed by atoms with E-state index in [1.165, 1.54) is 16.1 Å². The minimum atomic E-state index is -0.0138. The van der Waals surface area contributed by atoms with Gasteiger partial charge in [0.25, 0.3) is 0 Å². The molecule has 2 rings (SSSR count). The van der Waals surface area contributed by atoms with Gasteiger partial charge in [-0.15, -0.1) is 10.7 Å². The predicted molar refractivity (Wildman–Crippen MR) is 64.5 cm³/mol. The van der Waals surface area contributed by atoms with Gasteiger partial charge in [-0.3, -0.25) is 10.5 Å². The van der Waals surface area contributed by atoms with Crippen LogP contribution in [0.15, 0.2) is 24.3 Å². The Kier molecular flexibility index (Phi) is 3.01. The quantitative estimate of drug-likeness (QED) is 0.721. The van der Waals surface area contributed by atoms with Crippen LogP contribution in [0.3, 0.4) is 0 Å². The van der Waals surface area contributed by atoms with Gasteiger partial charge in [-0.1, -0.05) is 24.3 Å². The van der Waals surface area contributed by atoms with E-state index in [-0.39, 0.29) is 10.7 Å². The molecular formula is C11H16N2S. The second-order valence-electron chi connectivity index (χ2n) is 3.59. The molecule has 1 unspecified atom stereocenters. The largest absolute Gasteiger partial charge is 0.285 e. The number of benzene rings is 1. The van der Waals surface area contributed by atoms with Gasteiger partial charge >= 0.3 is 0 Å². The standard InChI is InChI=1S/C11H16N2S/c1-9-4-2-3-5-10(9)8-11-13-6-7-14(11)12/h2-5,13H,6-8,12H2,1H3. The predicted octanol–water partition coefficient (Wildman–Crippen LogP) is 1.41. The van der Waals surface area contributed by atoms with Crippen molar-refractivity contribution in [2.45, 2.75) is 13.3 Å². The van der Waals surface area contributed by atoms with Crippen molar-refractivity contribution in [3.8, 4) is 0 Å². The molecule has 2 nitrogen and oxygen atoms in total. The van der Waals surface area contributed by atoms with Crippen molar-refractivity contribution in [2.75, 3.05) is 12.3 Å². The van der Waals surface area contributed by atoms with Crippen LogP contribution in [-0.4, -0.2) is 17.3 Å². The van der Waals surface area contributed by atoms with Gasteiger partial charge in [0.05, 0.1) is 0 Å². The molecule has 3 heteroatoms. The van der Waals surface area contributed by atoms with Crippen LogP contribution in [0.4, 0.5) is 0 Å². The molecule has 14 heavy (non-hydrogen) atoms. The van der Waals surface area contributed by atoms with E-state index in [1.807, 2.05) is 0 Å². The monoisotopic (exact) mass is 208 g/mol. The second kappa shape index (κ2) is 4.26. The Labute approximate surface area is 87.6 Å². The first-order valence-electron chi connectivity index (χ1n) is 4.87. The zero-order chi connectivity index (χ0) is 9.97. The second-order valence-corrected chi connectivity index (χ2v) is 5.34. The topological polar surface area (TPSA) is 38.0 Å². The molecule has 0 amide bonds. The molecule has 1 atom stereocenters. The van der Waals surface area contributed by atoms with E-state index in [2.05, 4.69) is 36.5 Å². The van der Waals surface area contributed by atoms with Crippen LogP contribution >= 0.6 is 10.7 Å². The fourth-order valence-corrected chi connectivity index (χ4v) is 2.85. The number of rotatable bonds is 2. The van der Waals surface area contributed by atoms with Crippen LogP contribution in [-0.2, 0) is 6.42 Å². The highest BCUT2D eigenvalue weighted by atomic mass is 32.2. The zero-order valence-corrected chi connectivity index (χ0v) is 9.23. The molecule has 0 saturated carbocycles. The van der Waals surface area contributed by atoms with Crippen LogP contribution in [0.25, 0.3) is 0 Å². The van der Waals surface area contributed by atoms with Crippen LogP contribution < -0.4 is 10.5 Å². The highest BCUT2D eigenvalue weighted by Crippen LogP contribution is 2.14. The lowest BCUT2D eigenvalue weighted by atomic mass is 10.1. The fourth-order valence-electron chi connectivity index (χ4n) is 1.65. The third kappa shape index (κ3) is 2.05. The van der Waals surface area contributed by atoms with Crippen molar-refractivity contribution in [3.05, 3.63) is 35.4 Å². The molecule has 0 bridgehead atoms. The molecule has 0 saturated heterocycles. The summed E-state index contributed by atoms with van der Waals surface area (Å²) in [5.41, 5.74) is 2.74. The molecule has 1 aliphatic rings. The number of aryl methyl sites for hydroxylation is 1. The summed E-state index contributed by atoms with van der Waals surface area (Å²) in [5, 5.41) is 9.39. The number of nitrogens with one attached hydrogen (secondary N) is 1. The summed E-state index contributed by atoms with van der Waals surface area (Å²) >= 11 is 0. The Hall–Kier alpha value is -0.640. The number of nitrogens with two attached hydrogens (primary N) is 1. The van der Waals surface area contributed by atoms with Gasteiger partial charge in [-0.05, 0) is 18.1 Å². The summed E-state index contributed by atoms with van der Waals surface area (Å²) in [6.45, 7) is 3.19. The average molecular weight is 208 g/mol. The van der Waals surface area contributed by atoms with Crippen LogP contribution in [0.2, 0.25) is 0 Å². The van der Waals surface area contributed by atoms with Crippen molar-refractivity contribution >= 4 is 15.7 Å². The van der Waals surface area contributed by atoms with Crippen molar-refractivity contribution < 1.29 is 0 Å². The smallest absolute Gasteiger partial charge is 0.0336 e. The van der Waals surface area contributed by atoms with Crippen LogP contribution in [0, 0.1) is 6.92 Å². The van der Waals surface area contributed by atoms with Crippen LogP contribution in [0.5, 0.6) is 0 Å². The van der Waals surface area contributed by atoms with Gasteiger partial charge in [0.1, 0.15) is 0 Å². The average Bonchev–Trinajstić information content (AvgIpc) is 2.56. The Morgan fingerprint density at radius 1 is 1.43 bits per heavy atom. The van der Waals surface area contributed by atoms with E-state index >= 15 is 0 Å². The maximum Gasteiger partial charge on any atom is 0.0336 e. The number of hydrogen-bond donors (Lipinski definition) is 2. The van der Waals surface area contributed by atoms with E-state index in [0.29, 0.717) is 0 Å². The first kappa shape index (κ1) is 9.90. The van der Waals surface area contributed by atoms with E-state index in [1.54, 1.807) is 0 Å². The van der Waals surface area contributed by atoms with Crippen LogP contribution in [0.1, 0.15) is 11.1 Å². The van der Waals surface area contributed by atoms with E-state index < -0.39 is 0 Å². The van der Waals surface area contributed by atoms with Gasteiger partial charge < -0.3 is 0 Å². The lowest BCUT2D eigenvalue weighted by molar-refractivity contribution is 0.988. The summed E-state index contributed by atoms with van der Waals surface area (Å²) in [4.78, 5) is 1.32. The highest BCUT2D eigenvalue weighted by molar-refractivity contribution is 8.14. The Balaban J connectivity index is 2.19. The molecule has 0 aliphatic carbocycles. The summed E-state index contributed by atoms with van der Waals surface area (Å²) in [5.74, 6) is 1.10. The Morgan fingerprint density at radius 2 is 2.21 bits per heavy atom. The van der Waals surface area contributed by atoms with Crippen molar-refractivity contribution in [3.63, 3.8) is 0 Å². The Morgan fingerprint density at radius 3 is 2.86 bits per heavy atom. The first-order valence-corrected chi connectivity index (χ1v) is 6.32. The molecule has 3 N–H and O–H groups in total. The van der Waals surface area contributed by atoms with E-state index in [9.17, 15) is 0 Å². The summed E-state index contributed by atoms with van der Waals surface area (Å²) in [7, 11) is -0.0138. The first-order chi connectivity index (χ1) is 6.77. The lowest BCUT2D eigenvalue weighted by Crippen LogP contribution is -2.21. The molecule has 1 heterocycles. The zero-order valence-electron chi connectivity index (χ0n) is 8.42. The molecule has 1 aromatic carbocycles. The lowest BCUT2D eigenvalue weighted by Gasteiger charge is -2.07. The SMILES string of the molecule is Cc1ccccc1CC1=S(N)CCN1. The molecule has 76 valence electrons. The summed E-state index contributed by atoms with van der Waals surface area (Å²) < 4.78 is 0. The fraction of sp³-hybridized carbons (Fsp3) is 0.364. The van der Waals surface area contributed by atoms with Crippen molar-refractivity contribution in [1.82, 2.24) is 5.32 Å². The minimum absolute atomic E-state index is 0.0138. The molecule has 0 fully saturated rings. The normalized spacial score (nSPS) is 21.6. The van der Waals surface area contributed by atoms with Gasteiger partial charge in [-0.2, -0.15) is 0 Å². The number of hydrogen-bond acceptors (Lipinski definition) is 2. The van der Waals surface area contributed by atoms with E-state index in [4.69, 9.17) is 5.14 Å². The van der Waals surface area contributed by atoms with Gasteiger partial charge in [0.2, 0.25) is 0 Å². The van der Waals surface area contributed by atoms with Gasteiger partial charge in [0.15, 0.2) is 0 Å². The molecule has 0 spiro atoms.